The first kappa shape index (κ1) is 13.6. The number of hydrogen-bond acceptors (Lipinski definition) is 6. The van der Waals surface area contributed by atoms with Crippen LogP contribution in [0, 0.1) is 10.1 Å². The fourth-order valence-corrected chi connectivity index (χ4v) is 2.55. The molecule has 0 aromatic heterocycles. The molecule has 8 nitrogen and oxygen atoms in total. The average Bonchev–Trinajstić information content (AvgIpc) is 2.93. The van der Waals surface area contributed by atoms with E-state index >= 15 is 0 Å². The van der Waals surface area contributed by atoms with Crippen molar-refractivity contribution in [2.75, 3.05) is 26.4 Å². The molecule has 1 saturated heterocycles. The third-order valence-corrected chi connectivity index (χ3v) is 3.55. The molecule has 0 unspecified atom stereocenters. The number of rotatable bonds is 2. The van der Waals surface area contributed by atoms with Gasteiger partial charge in [0.05, 0.1) is 10.5 Å². The molecule has 0 spiro atoms. The molecule has 1 N–H and O–H groups in total. The molecule has 0 bridgehead atoms. The van der Waals surface area contributed by atoms with Gasteiger partial charge in [-0.15, -0.1) is 0 Å². The van der Waals surface area contributed by atoms with Crippen molar-refractivity contribution in [3.8, 4) is 11.5 Å². The second-order valence-corrected chi connectivity index (χ2v) is 5.09. The van der Waals surface area contributed by atoms with Gasteiger partial charge in [0.2, 0.25) is 12.5 Å². The molecule has 21 heavy (non-hydrogen) atoms. The molecule has 1 aromatic carbocycles. The highest BCUT2D eigenvalue weighted by Crippen LogP contribution is 2.41. The van der Waals surface area contributed by atoms with Crippen molar-refractivity contribution in [2.45, 2.75) is 13.0 Å². The highest BCUT2D eigenvalue weighted by molar-refractivity contribution is 5.96. The zero-order chi connectivity index (χ0) is 15.0. The van der Waals surface area contributed by atoms with Crippen LogP contribution in [0.1, 0.15) is 17.3 Å². The van der Waals surface area contributed by atoms with E-state index in [9.17, 15) is 14.9 Å². The summed E-state index contributed by atoms with van der Waals surface area (Å²) in [6.07, 6.45) is 0. The zero-order valence-electron chi connectivity index (χ0n) is 11.5. The van der Waals surface area contributed by atoms with Crippen molar-refractivity contribution in [2.24, 2.45) is 0 Å². The maximum Gasteiger partial charge on any atom is 0.315 e. The van der Waals surface area contributed by atoms with Crippen molar-refractivity contribution in [3.63, 3.8) is 0 Å². The quantitative estimate of drug-likeness (QED) is 0.639. The Hall–Kier alpha value is -2.35. The number of nitro benzene ring substituents is 1. The summed E-state index contributed by atoms with van der Waals surface area (Å²) in [5, 5.41) is 14.3. The van der Waals surface area contributed by atoms with E-state index in [2.05, 4.69) is 5.32 Å². The Morgan fingerprint density at radius 1 is 1.48 bits per heavy atom. The topological polar surface area (TPSA) is 93.9 Å². The van der Waals surface area contributed by atoms with Gasteiger partial charge in [0, 0.05) is 31.7 Å². The van der Waals surface area contributed by atoms with Gasteiger partial charge in [-0.2, -0.15) is 0 Å². The number of ether oxygens (including phenoxy) is 2. The number of carbonyl (C=O) groups excluding carboxylic acids is 1. The maximum absolute atomic E-state index is 12.5. The van der Waals surface area contributed by atoms with Crippen LogP contribution in [0.2, 0.25) is 0 Å². The van der Waals surface area contributed by atoms with Crippen LogP contribution in [-0.2, 0) is 0 Å². The third kappa shape index (κ3) is 2.49. The molecule has 1 fully saturated rings. The fourth-order valence-electron chi connectivity index (χ4n) is 2.55. The van der Waals surface area contributed by atoms with Crippen LogP contribution in [0.3, 0.4) is 0 Å². The Morgan fingerprint density at radius 2 is 2.29 bits per heavy atom. The second-order valence-electron chi connectivity index (χ2n) is 5.09. The van der Waals surface area contributed by atoms with Crippen molar-refractivity contribution in [1.82, 2.24) is 10.2 Å². The minimum absolute atomic E-state index is 0.0709. The predicted molar refractivity (Wildman–Crippen MR) is 72.6 cm³/mol. The first-order valence-electron chi connectivity index (χ1n) is 6.67. The fraction of sp³-hybridized carbons (Fsp3) is 0.462. The van der Waals surface area contributed by atoms with Crippen molar-refractivity contribution < 1.29 is 19.2 Å². The first-order chi connectivity index (χ1) is 10.1. The van der Waals surface area contributed by atoms with Crippen LogP contribution in [0.25, 0.3) is 0 Å². The number of nitro groups is 1. The average molecular weight is 293 g/mol. The molecule has 112 valence electrons. The molecule has 2 aliphatic rings. The standard InChI is InChI=1S/C13H15N3O5/c1-8-6-15(3-2-14-8)13(17)9-4-10(16(18)19)12-11(5-9)20-7-21-12/h4-5,8,14H,2-3,6-7H2,1H3/t8-/m1/s1. The Morgan fingerprint density at radius 3 is 3.00 bits per heavy atom. The highest BCUT2D eigenvalue weighted by atomic mass is 16.7. The summed E-state index contributed by atoms with van der Waals surface area (Å²) in [4.78, 5) is 24.7. The molecule has 0 saturated carbocycles. The van der Waals surface area contributed by atoms with Gasteiger partial charge in [-0.25, -0.2) is 0 Å². The molecule has 0 radical (unpaired) electrons. The second kappa shape index (κ2) is 5.21. The van der Waals surface area contributed by atoms with Crippen molar-refractivity contribution in [1.29, 1.82) is 0 Å². The monoisotopic (exact) mass is 293 g/mol. The lowest BCUT2D eigenvalue weighted by Gasteiger charge is -2.31. The normalized spacial score (nSPS) is 20.4. The van der Waals surface area contributed by atoms with Gasteiger partial charge in [-0.1, -0.05) is 0 Å². The third-order valence-electron chi connectivity index (χ3n) is 3.55. The van der Waals surface area contributed by atoms with Crippen LogP contribution in [0.4, 0.5) is 5.69 Å². The van der Waals surface area contributed by atoms with Crippen LogP contribution < -0.4 is 14.8 Å². The summed E-state index contributed by atoms with van der Waals surface area (Å²) in [5.74, 6) is 0.103. The summed E-state index contributed by atoms with van der Waals surface area (Å²) in [6, 6.07) is 2.96. The predicted octanol–water partition coefficient (Wildman–Crippen LogP) is 0.757. The Kier molecular flexibility index (Phi) is 3.38. The van der Waals surface area contributed by atoms with Crippen LogP contribution in [-0.4, -0.2) is 48.2 Å². The number of amides is 1. The summed E-state index contributed by atoms with van der Waals surface area (Å²) in [6.45, 7) is 3.77. The Labute approximate surface area is 120 Å². The number of hydrogen-bond donors (Lipinski definition) is 1. The van der Waals surface area contributed by atoms with Gasteiger partial charge >= 0.3 is 5.69 Å². The molecule has 2 heterocycles. The lowest BCUT2D eigenvalue weighted by molar-refractivity contribution is -0.385. The van der Waals surface area contributed by atoms with Crippen molar-refractivity contribution >= 4 is 11.6 Å². The van der Waals surface area contributed by atoms with E-state index in [1.54, 1.807) is 4.90 Å². The number of nitrogens with zero attached hydrogens (tertiary/aromatic N) is 2. The zero-order valence-corrected chi connectivity index (χ0v) is 11.5. The van der Waals surface area contributed by atoms with E-state index in [1.165, 1.54) is 12.1 Å². The SMILES string of the molecule is C[C@@H]1CN(C(=O)c2cc3c(c([N+](=O)[O-])c2)OCO3)CCN1. The van der Waals surface area contributed by atoms with Gasteiger partial charge in [0.25, 0.3) is 5.91 Å². The molecular formula is C13H15N3O5. The Balaban J connectivity index is 1.93. The van der Waals surface area contributed by atoms with Gasteiger partial charge < -0.3 is 19.7 Å². The van der Waals surface area contributed by atoms with Gasteiger partial charge in [-0.3, -0.25) is 14.9 Å². The smallest absolute Gasteiger partial charge is 0.315 e. The summed E-state index contributed by atoms with van der Waals surface area (Å²) < 4.78 is 10.3. The lowest BCUT2D eigenvalue weighted by atomic mass is 10.1. The molecule has 1 aromatic rings. The minimum Gasteiger partial charge on any atom is -0.453 e. The molecule has 0 aliphatic carbocycles. The van der Waals surface area contributed by atoms with E-state index in [0.717, 1.165) is 0 Å². The molecule has 8 heteroatoms. The van der Waals surface area contributed by atoms with Crippen LogP contribution in [0.5, 0.6) is 11.5 Å². The van der Waals surface area contributed by atoms with E-state index in [0.29, 0.717) is 19.6 Å². The number of nitrogens with one attached hydrogen (secondary N) is 1. The molecular weight excluding hydrogens is 278 g/mol. The van der Waals surface area contributed by atoms with Crippen LogP contribution in [0.15, 0.2) is 12.1 Å². The van der Waals surface area contributed by atoms with Gasteiger partial charge in [-0.05, 0) is 13.0 Å². The van der Waals surface area contributed by atoms with E-state index in [4.69, 9.17) is 9.47 Å². The number of benzene rings is 1. The van der Waals surface area contributed by atoms with Crippen LogP contribution >= 0.6 is 0 Å². The molecule has 1 atom stereocenters. The summed E-state index contributed by atoms with van der Waals surface area (Å²) in [7, 11) is 0. The van der Waals surface area contributed by atoms with Gasteiger partial charge in [0.1, 0.15) is 0 Å². The van der Waals surface area contributed by atoms with Crippen molar-refractivity contribution in [3.05, 3.63) is 27.8 Å². The maximum atomic E-state index is 12.5. The molecule has 1 amide bonds. The number of fused-ring (bicyclic) bond motifs is 1. The summed E-state index contributed by atoms with van der Waals surface area (Å²) >= 11 is 0. The number of piperazine rings is 1. The molecule has 3 rings (SSSR count). The first-order valence-corrected chi connectivity index (χ1v) is 6.67. The van der Waals surface area contributed by atoms with Gasteiger partial charge in [0.15, 0.2) is 5.75 Å². The molecule has 2 aliphatic heterocycles. The number of carbonyl (C=O) groups is 1. The highest BCUT2D eigenvalue weighted by Gasteiger charge is 2.30. The van der Waals surface area contributed by atoms with E-state index in [-0.39, 0.29) is 41.5 Å². The van der Waals surface area contributed by atoms with E-state index < -0.39 is 4.92 Å². The Bertz CT molecular complexity index is 604. The summed E-state index contributed by atoms with van der Waals surface area (Å²) in [5.41, 5.74) is 0.0107. The minimum atomic E-state index is -0.565. The van der Waals surface area contributed by atoms with E-state index in [1.807, 2.05) is 6.92 Å². The largest absolute Gasteiger partial charge is 0.453 e. The lowest BCUT2D eigenvalue weighted by Crippen LogP contribution is -2.51.